The van der Waals surface area contributed by atoms with E-state index >= 15 is 0 Å². The fraction of sp³-hybridized carbons (Fsp3) is 0.978. The van der Waals surface area contributed by atoms with Gasteiger partial charge in [-0.1, -0.05) is 240 Å². The molecule has 0 aromatic carbocycles. The molecule has 0 aromatic heterocycles. The molecule has 0 spiro atoms. The number of carboxylic acid groups (broad SMARTS) is 1. The minimum atomic E-state index is -0.653. The summed E-state index contributed by atoms with van der Waals surface area (Å²) in [6, 6.07) is 0. The number of hydrogen-bond donors (Lipinski definition) is 2. The van der Waals surface area contributed by atoms with Crippen LogP contribution in [0.4, 0.5) is 0 Å². The smallest absolute Gasteiger partial charge is 0.303 e. The van der Waals surface area contributed by atoms with Gasteiger partial charge in [0.1, 0.15) is 0 Å². The molecule has 0 fully saturated rings. The lowest BCUT2D eigenvalue weighted by Crippen LogP contribution is -2.46. The van der Waals surface area contributed by atoms with Gasteiger partial charge in [0, 0.05) is 12.0 Å². The van der Waals surface area contributed by atoms with Crippen LogP contribution in [0.5, 0.6) is 0 Å². The summed E-state index contributed by atoms with van der Waals surface area (Å²) in [5.41, 5.74) is 7.18. The molecule has 3 nitrogen and oxygen atoms in total. The molecule has 0 saturated heterocycles. The van der Waals surface area contributed by atoms with Gasteiger partial charge in [-0.05, 0) is 31.6 Å². The summed E-state index contributed by atoms with van der Waals surface area (Å²) < 4.78 is 0. The molecule has 0 rings (SSSR count). The second kappa shape index (κ2) is 40.9. The molecule has 1 atom stereocenters. The number of aliphatic carboxylic acids is 1. The van der Waals surface area contributed by atoms with E-state index in [1.807, 2.05) is 0 Å². The van der Waals surface area contributed by atoms with Crippen molar-refractivity contribution < 1.29 is 9.90 Å². The van der Waals surface area contributed by atoms with E-state index in [0.29, 0.717) is 12.3 Å². The van der Waals surface area contributed by atoms with Gasteiger partial charge >= 0.3 is 5.97 Å². The summed E-state index contributed by atoms with van der Waals surface area (Å²) in [5.74, 6) is 0.0321. The van der Waals surface area contributed by atoms with Gasteiger partial charge in [0.2, 0.25) is 0 Å². The first-order valence-electron chi connectivity index (χ1n) is 22.4. The van der Waals surface area contributed by atoms with Crippen LogP contribution in [0.2, 0.25) is 0 Å². The molecule has 0 bridgehead atoms. The summed E-state index contributed by atoms with van der Waals surface area (Å²) in [4.78, 5) is 10.3. The lowest BCUT2D eigenvalue weighted by atomic mass is 9.75. The quantitative estimate of drug-likeness (QED) is 0.0638. The van der Waals surface area contributed by atoms with E-state index in [2.05, 4.69) is 34.6 Å². The predicted molar refractivity (Wildman–Crippen MR) is 217 cm³/mol. The van der Waals surface area contributed by atoms with Gasteiger partial charge in [-0.3, -0.25) is 4.79 Å². The molecular formula is C45H93NO2. The molecule has 0 aliphatic heterocycles. The molecular weight excluding hydrogens is 587 g/mol. The van der Waals surface area contributed by atoms with E-state index in [1.54, 1.807) is 0 Å². The van der Waals surface area contributed by atoms with Crippen molar-refractivity contribution in [3.8, 4) is 0 Å². The Bertz CT molecular complexity index is 590. The Kier molecular flexibility index (Phi) is 42.2. The zero-order chi connectivity index (χ0) is 35.8. The third-order valence-corrected chi connectivity index (χ3v) is 11.0. The molecule has 0 aromatic rings. The van der Waals surface area contributed by atoms with Crippen LogP contribution >= 0.6 is 0 Å². The van der Waals surface area contributed by atoms with Gasteiger partial charge < -0.3 is 10.8 Å². The lowest BCUT2D eigenvalue weighted by Gasteiger charge is -2.36. The zero-order valence-electron chi connectivity index (χ0n) is 34.2. The summed E-state index contributed by atoms with van der Waals surface area (Å²) in [5, 5.41) is 8.52. The second-order valence-electron chi connectivity index (χ2n) is 15.8. The molecule has 0 radical (unpaired) electrons. The Morgan fingerprint density at radius 1 is 0.438 bits per heavy atom. The molecule has 0 amide bonds. The van der Waals surface area contributed by atoms with Gasteiger partial charge in [0.15, 0.2) is 0 Å². The van der Waals surface area contributed by atoms with Crippen LogP contribution in [-0.2, 0) is 4.79 Å². The largest absolute Gasteiger partial charge is 0.481 e. The van der Waals surface area contributed by atoms with Crippen LogP contribution in [0, 0.1) is 5.92 Å². The fourth-order valence-corrected chi connectivity index (χ4v) is 7.25. The Labute approximate surface area is 304 Å². The highest BCUT2D eigenvalue weighted by Crippen LogP contribution is 2.32. The third-order valence-electron chi connectivity index (χ3n) is 11.0. The average molecular weight is 680 g/mol. The van der Waals surface area contributed by atoms with E-state index in [0.717, 1.165) is 12.8 Å². The first-order valence-corrected chi connectivity index (χ1v) is 22.4. The Balaban J connectivity index is 0. The average Bonchev–Trinajstić information content (AvgIpc) is 3.07. The molecule has 0 aliphatic rings. The number of hydrogen-bond acceptors (Lipinski definition) is 2. The highest BCUT2D eigenvalue weighted by atomic mass is 16.4. The SMILES string of the molecule is CCCCCCCCC(C)C(N)(CCCCCCCC)CCCCCCCC.CCCCCCCCCCCCCCCCCC(=O)O. The Hall–Kier alpha value is -0.570. The van der Waals surface area contributed by atoms with Crippen molar-refractivity contribution in [2.75, 3.05) is 0 Å². The van der Waals surface area contributed by atoms with Crippen molar-refractivity contribution in [2.45, 2.75) is 278 Å². The number of nitrogens with two attached hydrogens (primary N) is 1. The van der Waals surface area contributed by atoms with Gasteiger partial charge in [-0.25, -0.2) is 0 Å². The monoisotopic (exact) mass is 680 g/mol. The van der Waals surface area contributed by atoms with Crippen LogP contribution in [0.15, 0.2) is 0 Å². The highest BCUT2D eigenvalue weighted by molar-refractivity contribution is 5.66. The molecule has 1 unspecified atom stereocenters. The maximum absolute atomic E-state index is 10.3. The number of unbranched alkanes of at least 4 members (excludes halogenated alkanes) is 29. The predicted octanol–water partition coefficient (Wildman–Crippen LogP) is 15.9. The Morgan fingerprint density at radius 3 is 0.979 bits per heavy atom. The van der Waals surface area contributed by atoms with E-state index in [1.165, 1.54) is 218 Å². The van der Waals surface area contributed by atoms with Crippen molar-refractivity contribution in [3.05, 3.63) is 0 Å². The van der Waals surface area contributed by atoms with Gasteiger partial charge in [0.05, 0.1) is 0 Å². The molecule has 3 N–H and O–H groups in total. The van der Waals surface area contributed by atoms with Gasteiger partial charge in [-0.2, -0.15) is 0 Å². The Morgan fingerprint density at radius 2 is 0.688 bits per heavy atom. The minimum Gasteiger partial charge on any atom is -0.481 e. The molecule has 3 heteroatoms. The maximum Gasteiger partial charge on any atom is 0.303 e. The summed E-state index contributed by atoms with van der Waals surface area (Å²) in [7, 11) is 0. The van der Waals surface area contributed by atoms with Crippen molar-refractivity contribution in [1.29, 1.82) is 0 Å². The summed E-state index contributed by atoms with van der Waals surface area (Å²) in [6.45, 7) is 11.6. The number of carbonyl (C=O) groups is 1. The highest BCUT2D eigenvalue weighted by Gasteiger charge is 2.30. The van der Waals surface area contributed by atoms with Crippen molar-refractivity contribution in [1.82, 2.24) is 0 Å². The molecule has 0 aliphatic carbocycles. The van der Waals surface area contributed by atoms with Crippen molar-refractivity contribution >= 4 is 5.97 Å². The minimum absolute atomic E-state index is 0.0962. The van der Waals surface area contributed by atoms with E-state index in [4.69, 9.17) is 10.8 Å². The summed E-state index contributed by atoms with van der Waals surface area (Å²) in [6.07, 6.45) is 49.1. The van der Waals surface area contributed by atoms with Crippen LogP contribution in [0.1, 0.15) is 272 Å². The first-order chi connectivity index (χ1) is 23.4. The fourth-order valence-electron chi connectivity index (χ4n) is 7.25. The van der Waals surface area contributed by atoms with Crippen LogP contribution in [-0.4, -0.2) is 16.6 Å². The van der Waals surface area contributed by atoms with E-state index in [9.17, 15) is 4.79 Å². The summed E-state index contributed by atoms with van der Waals surface area (Å²) >= 11 is 0. The molecule has 0 saturated carbocycles. The van der Waals surface area contributed by atoms with Crippen LogP contribution < -0.4 is 5.73 Å². The van der Waals surface area contributed by atoms with Gasteiger partial charge in [0.25, 0.3) is 0 Å². The van der Waals surface area contributed by atoms with Crippen molar-refractivity contribution in [2.24, 2.45) is 11.7 Å². The van der Waals surface area contributed by atoms with Crippen LogP contribution in [0.25, 0.3) is 0 Å². The maximum atomic E-state index is 10.3. The van der Waals surface area contributed by atoms with Crippen LogP contribution in [0.3, 0.4) is 0 Å². The number of rotatable bonds is 38. The molecule has 0 heterocycles. The molecule has 290 valence electrons. The molecule has 48 heavy (non-hydrogen) atoms. The number of carboxylic acids is 1. The van der Waals surface area contributed by atoms with Gasteiger partial charge in [-0.15, -0.1) is 0 Å². The topological polar surface area (TPSA) is 63.3 Å². The van der Waals surface area contributed by atoms with E-state index < -0.39 is 5.97 Å². The zero-order valence-corrected chi connectivity index (χ0v) is 34.2. The first kappa shape index (κ1) is 49.5. The van der Waals surface area contributed by atoms with Crippen molar-refractivity contribution in [3.63, 3.8) is 0 Å². The standard InChI is InChI=1S/C27H57N.C18H36O2/c1-5-8-11-14-17-20-23-26(4)27(28,24-21-18-15-12-9-6-2)25-22-19-16-13-10-7-3;1-2-3-4-5-6-7-8-9-10-11-12-13-14-15-16-17-18(19)20/h26H,5-25,28H2,1-4H3;2-17H2,1H3,(H,19,20). The third kappa shape index (κ3) is 38.2. The lowest BCUT2D eigenvalue weighted by molar-refractivity contribution is -0.137. The second-order valence-corrected chi connectivity index (χ2v) is 15.8. The normalized spacial score (nSPS) is 12.2. The van der Waals surface area contributed by atoms with E-state index in [-0.39, 0.29) is 5.54 Å².